The maximum Gasteiger partial charge on any atom is 0.494 e. The van der Waals surface area contributed by atoms with Crippen molar-refractivity contribution in [1.29, 1.82) is 0 Å². The van der Waals surface area contributed by atoms with E-state index in [0.29, 0.717) is 11.6 Å². The summed E-state index contributed by atoms with van der Waals surface area (Å²) < 4.78 is 5.19. The lowest BCUT2D eigenvalue weighted by molar-refractivity contribution is 0.613. The molecular formula is C9H7AlN3O. The number of hydrogen-bond acceptors (Lipinski definition) is 4. The Labute approximate surface area is 89.8 Å². The Kier molecular flexibility index (Phi) is 2.73. The molecule has 0 amide bonds. The summed E-state index contributed by atoms with van der Waals surface area (Å²) in [6.45, 7) is 0. The summed E-state index contributed by atoms with van der Waals surface area (Å²) in [5.74, 6) is 1.34. The van der Waals surface area contributed by atoms with Gasteiger partial charge >= 0.3 is 16.6 Å². The number of rotatable bonds is 2. The zero-order valence-electron chi connectivity index (χ0n) is 7.42. The Bertz CT molecular complexity index is 421. The topological polar surface area (TPSA) is 47.9 Å². The second-order valence-electron chi connectivity index (χ2n) is 2.59. The molecule has 0 unspecified atom stereocenters. The molecule has 0 saturated heterocycles. The Morgan fingerprint density at radius 2 is 1.93 bits per heavy atom. The minimum absolute atomic E-state index is 0.650. The SMILES string of the molecule is [AlH][O]c1cnccc1-c1ncccn1. The first kappa shape index (κ1) is 9.13. The molecule has 5 heteroatoms. The van der Waals surface area contributed by atoms with Crippen molar-refractivity contribution >= 4 is 16.6 Å². The van der Waals surface area contributed by atoms with Crippen molar-refractivity contribution in [3.63, 3.8) is 0 Å². The van der Waals surface area contributed by atoms with Gasteiger partial charge in [0, 0.05) is 18.6 Å². The molecule has 2 aromatic rings. The van der Waals surface area contributed by atoms with E-state index in [1.165, 1.54) is 16.6 Å². The molecule has 0 N–H and O–H groups in total. The van der Waals surface area contributed by atoms with Crippen LogP contribution < -0.4 is 3.79 Å². The van der Waals surface area contributed by atoms with Crippen LogP contribution in [0.15, 0.2) is 36.9 Å². The Morgan fingerprint density at radius 3 is 2.64 bits per heavy atom. The second-order valence-corrected chi connectivity index (χ2v) is 2.88. The Balaban J connectivity index is 2.51. The molecule has 2 aromatic heterocycles. The summed E-state index contributed by atoms with van der Waals surface area (Å²) >= 11 is 1.41. The fourth-order valence-corrected chi connectivity index (χ4v) is 1.35. The van der Waals surface area contributed by atoms with E-state index in [-0.39, 0.29) is 0 Å². The van der Waals surface area contributed by atoms with Crippen molar-refractivity contribution in [1.82, 2.24) is 15.0 Å². The minimum Gasteiger partial charge on any atom is -0.649 e. The van der Waals surface area contributed by atoms with Crippen LogP contribution in [-0.4, -0.2) is 31.6 Å². The lowest BCUT2D eigenvalue weighted by Crippen LogP contribution is -1.93. The summed E-state index contributed by atoms with van der Waals surface area (Å²) in [6.07, 6.45) is 6.74. The van der Waals surface area contributed by atoms with Gasteiger partial charge in [-0.05, 0) is 12.1 Å². The van der Waals surface area contributed by atoms with E-state index in [0.717, 1.165) is 5.56 Å². The van der Waals surface area contributed by atoms with Gasteiger partial charge < -0.3 is 3.79 Å². The zero-order valence-corrected chi connectivity index (χ0v) is 8.84. The fourth-order valence-electron chi connectivity index (χ4n) is 1.12. The van der Waals surface area contributed by atoms with Crippen LogP contribution in [0.25, 0.3) is 11.4 Å². The van der Waals surface area contributed by atoms with Crippen LogP contribution in [0.5, 0.6) is 5.75 Å². The highest BCUT2D eigenvalue weighted by Gasteiger charge is 2.05. The van der Waals surface area contributed by atoms with Gasteiger partial charge in [-0.15, -0.1) is 0 Å². The van der Waals surface area contributed by atoms with Crippen LogP contribution in [0, 0.1) is 0 Å². The van der Waals surface area contributed by atoms with Crippen molar-refractivity contribution in [2.45, 2.75) is 0 Å². The molecule has 0 atom stereocenters. The number of pyridine rings is 1. The lowest BCUT2D eigenvalue weighted by atomic mass is 10.2. The van der Waals surface area contributed by atoms with Crippen molar-refractivity contribution in [2.24, 2.45) is 0 Å². The quantitative estimate of drug-likeness (QED) is 0.670. The Hall–Kier alpha value is -1.44. The first-order chi connectivity index (χ1) is 6.92. The highest BCUT2D eigenvalue weighted by Crippen LogP contribution is 2.24. The third kappa shape index (κ3) is 1.74. The van der Waals surface area contributed by atoms with Crippen LogP contribution in [0.2, 0.25) is 0 Å². The first-order valence-electron chi connectivity index (χ1n) is 4.05. The van der Waals surface area contributed by atoms with E-state index in [1.54, 1.807) is 30.9 Å². The van der Waals surface area contributed by atoms with Crippen LogP contribution in [0.3, 0.4) is 0 Å². The van der Waals surface area contributed by atoms with E-state index in [1.807, 2.05) is 6.07 Å². The van der Waals surface area contributed by atoms with Gasteiger partial charge in [-0.3, -0.25) is 4.98 Å². The van der Waals surface area contributed by atoms with Gasteiger partial charge in [0.15, 0.2) is 5.82 Å². The predicted octanol–water partition coefficient (Wildman–Crippen LogP) is 0.733. The third-order valence-corrected chi connectivity index (χ3v) is 2.06. The van der Waals surface area contributed by atoms with Crippen molar-refractivity contribution < 1.29 is 3.79 Å². The van der Waals surface area contributed by atoms with Gasteiger partial charge in [0.05, 0.1) is 11.8 Å². The van der Waals surface area contributed by atoms with Crippen LogP contribution in [-0.2, 0) is 0 Å². The van der Waals surface area contributed by atoms with E-state index in [2.05, 4.69) is 15.0 Å². The molecule has 67 valence electrons. The molecule has 0 saturated carbocycles. The zero-order chi connectivity index (χ0) is 9.80. The molecule has 0 spiro atoms. The van der Waals surface area contributed by atoms with Gasteiger partial charge in [-0.25, -0.2) is 9.97 Å². The summed E-state index contributed by atoms with van der Waals surface area (Å²) in [6, 6.07) is 3.61. The highest BCUT2D eigenvalue weighted by molar-refractivity contribution is 6.00. The average Bonchev–Trinajstić information content (AvgIpc) is 2.30. The predicted molar refractivity (Wildman–Crippen MR) is 53.0 cm³/mol. The molecule has 14 heavy (non-hydrogen) atoms. The fraction of sp³-hybridized carbons (Fsp3) is 0. The summed E-state index contributed by atoms with van der Waals surface area (Å²) in [4.78, 5) is 12.2. The smallest absolute Gasteiger partial charge is 0.494 e. The molecule has 4 nitrogen and oxygen atoms in total. The van der Waals surface area contributed by atoms with Gasteiger partial charge in [0.25, 0.3) is 0 Å². The number of hydrogen-bond donors (Lipinski definition) is 0. The summed E-state index contributed by atoms with van der Waals surface area (Å²) in [7, 11) is 0. The van der Waals surface area contributed by atoms with Crippen LogP contribution in [0.4, 0.5) is 0 Å². The minimum atomic E-state index is 0.650. The van der Waals surface area contributed by atoms with Crippen LogP contribution >= 0.6 is 0 Å². The van der Waals surface area contributed by atoms with E-state index in [4.69, 9.17) is 3.79 Å². The summed E-state index contributed by atoms with van der Waals surface area (Å²) in [5.41, 5.74) is 0.857. The number of aromatic nitrogens is 3. The van der Waals surface area contributed by atoms with Gasteiger partial charge in [-0.1, -0.05) is 0 Å². The normalized spacial score (nSPS) is 9.71. The molecular weight excluding hydrogens is 193 g/mol. The largest absolute Gasteiger partial charge is 0.649 e. The van der Waals surface area contributed by atoms with Crippen molar-refractivity contribution in [2.75, 3.05) is 0 Å². The molecule has 2 heterocycles. The van der Waals surface area contributed by atoms with Gasteiger partial charge in [-0.2, -0.15) is 0 Å². The number of nitrogens with zero attached hydrogens (tertiary/aromatic N) is 3. The molecule has 0 bridgehead atoms. The molecule has 0 fully saturated rings. The highest BCUT2D eigenvalue weighted by atomic mass is 27.1. The van der Waals surface area contributed by atoms with Gasteiger partial charge in [0.2, 0.25) is 0 Å². The lowest BCUT2D eigenvalue weighted by Gasteiger charge is -2.06. The second kappa shape index (κ2) is 4.18. The molecule has 0 aliphatic heterocycles. The summed E-state index contributed by atoms with van der Waals surface area (Å²) in [5, 5.41) is 0. The standard InChI is InChI=1S/C9H7N3O.Al.H/c13-8-6-10-5-2-7(8)9-11-3-1-4-12-9;;/h1-6,13H;;/q;+1;/p-1. The third-order valence-electron chi connectivity index (χ3n) is 1.75. The molecule has 0 aromatic carbocycles. The average molecular weight is 200 g/mol. The van der Waals surface area contributed by atoms with Crippen LogP contribution in [0.1, 0.15) is 0 Å². The van der Waals surface area contributed by atoms with E-state index in [9.17, 15) is 0 Å². The van der Waals surface area contributed by atoms with Crippen molar-refractivity contribution in [3.8, 4) is 17.1 Å². The monoisotopic (exact) mass is 200 g/mol. The molecule has 1 radical (unpaired) electrons. The van der Waals surface area contributed by atoms with E-state index >= 15 is 0 Å². The Morgan fingerprint density at radius 1 is 1.14 bits per heavy atom. The maximum atomic E-state index is 5.19. The molecule has 0 aliphatic rings. The molecule has 2 rings (SSSR count). The maximum absolute atomic E-state index is 5.19. The van der Waals surface area contributed by atoms with E-state index < -0.39 is 0 Å². The van der Waals surface area contributed by atoms with Gasteiger partial charge in [0.1, 0.15) is 5.75 Å². The first-order valence-corrected chi connectivity index (χ1v) is 4.63. The van der Waals surface area contributed by atoms with Crippen molar-refractivity contribution in [3.05, 3.63) is 36.9 Å². The molecule has 0 aliphatic carbocycles.